The smallest absolute Gasteiger partial charge is 0.416 e. The maximum atomic E-state index is 13.3. The third kappa shape index (κ3) is 4.89. The van der Waals surface area contributed by atoms with Gasteiger partial charge in [0.15, 0.2) is 0 Å². The summed E-state index contributed by atoms with van der Waals surface area (Å²) >= 11 is 0. The quantitative estimate of drug-likeness (QED) is 0.680. The highest BCUT2D eigenvalue weighted by Gasteiger charge is 2.42. The van der Waals surface area contributed by atoms with Gasteiger partial charge in [-0.15, -0.1) is 0 Å². The van der Waals surface area contributed by atoms with Crippen LogP contribution in [0.25, 0.3) is 0 Å². The lowest BCUT2D eigenvalue weighted by Crippen LogP contribution is -2.40. The molecule has 0 spiro atoms. The van der Waals surface area contributed by atoms with Crippen LogP contribution in [-0.4, -0.2) is 54.9 Å². The van der Waals surface area contributed by atoms with Gasteiger partial charge >= 0.3 is 6.18 Å². The first-order chi connectivity index (χ1) is 15.0. The van der Waals surface area contributed by atoms with Crippen LogP contribution in [0.3, 0.4) is 0 Å². The van der Waals surface area contributed by atoms with E-state index in [-0.39, 0.29) is 30.9 Å². The van der Waals surface area contributed by atoms with Crippen molar-refractivity contribution in [2.75, 3.05) is 27.2 Å². The zero-order chi connectivity index (χ0) is 23.6. The van der Waals surface area contributed by atoms with Crippen LogP contribution in [0.5, 0.6) is 5.75 Å². The van der Waals surface area contributed by atoms with Crippen molar-refractivity contribution < 1.29 is 27.5 Å². The summed E-state index contributed by atoms with van der Waals surface area (Å²) in [6, 6.07) is 11.6. The average Bonchev–Trinajstić information content (AvgIpc) is 3.22. The molecule has 1 heterocycles. The van der Waals surface area contributed by atoms with E-state index in [1.807, 2.05) is 13.8 Å². The fourth-order valence-corrected chi connectivity index (χ4v) is 3.94. The third-order valence-electron chi connectivity index (χ3n) is 6.03. The van der Waals surface area contributed by atoms with Gasteiger partial charge in [0.2, 0.25) is 5.91 Å². The van der Waals surface area contributed by atoms with Crippen LogP contribution < -0.4 is 4.74 Å². The Morgan fingerprint density at radius 2 is 1.75 bits per heavy atom. The fraction of sp³-hybridized carbons (Fsp3) is 0.417. The molecule has 0 radical (unpaired) electrons. The molecule has 1 aliphatic rings. The summed E-state index contributed by atoms with van der Waals surface area (Å²) in [6.45, 7) is 4.04. The van der Waals surface area contributed by atoms with E-state index < -0.39 is 23.6 Å². The highest BCUT2D eigenvalue weighted by molar-refractivity contribution is 5.95. The van der Waals surface area contributed by atoms with Gasteiger partial charge in [0.05, 0.1) is 18.6 Å². The standard InChI is InChI=1S/C24H27F3N2O3/c1-15(2)28(3)23(31)21-14-29(22(30)16-8-10-19(32-4)11-9-16)13-20(21)17-6-5-7-18(12-17)24(25,26)27/h5-12,15,20-21H,13-14H2,1-4H3. The first kappa shape index (κ1) is 23.6. The van der Waals surface area contributed by atoms with Crippen molar-refractivity contribution in [1.29, 1.82) is 0 Å². The van der Waals surface area contributed by atoms with E-state index in [2.05, 4.69) is 0 Å². The molecule has 1 saturated heterocycles. The summed E-state index contributed by atoms with van der Waals surface area (Å²) in [5.74, 6) is -1.02. The minimum absolute atomic E-state index is 0.0731. The summed E-state index contributed by atoms with van der Waals surface area (Å²) in [5.41, 5.74) is 0.0672. The number of halogens is 3. The molecule has 1 aliphatic heterocycles. The maximum absolute atomic E-state index is 13.3. The number of nitrogens with zero attached hydrogens (tertiary/aromatic N) is 2. The summed E-state index contributed by atoms with van der Waals surface area (Å²) in [4.78, 5) is 29.4. The second-order valence-electron chi connectivity index (χ2n) is 8.32. The second-order valence-corrected chi connectivity index (χ2v) is 8.32. The highest BCUT2D eigenvalue weighted by Crippen LogP contribution is 2.38. The normalized spacial score (nSPS) is 18.7. The number of methoxy groups -OCH3 is 1. The van der Waals surface area contributed by atoms with Gasteiger partial charge in [0.1, 0.15) is 5.75 Å². The molecule has 2 unspecified atom stereocenters. The van der Waals surface area contributed by atoms with Gasteiger partial charge in [-0.1, -0.05) is 18.2 Å². The number of alkyl halides is 3. The zero-order valence-electron chi connectivity index (χ0n) is 18.5. The van der Waals surface area contributed by atoms with Crippen LogP contribution in [0.15, 0.2) is 48.5 Å². The molecule has 0 N–H and O–H groups in total. The molecule has 8 heteroatoms. The van der Waals surface area contributed by atoms with Crippen LogP contribution in [0.1, 0.15) is 41.3 Å². The molecule has 3 rings (SSSR count). The molecule has 2 atom stereocenters. The van der Waals surface area contributed by atoms with Gasteiger partial charge in [-0.25, -0.2) is 0 Å². The number of benzene rings is 2. The number of carbonyl (C=O) groups is 2. The predicted molar refractivity (Wildman–Crippen MR) is 114 cm³/mol. The van der Waals surface area contributed by atoms with Crippen molar-refractivity contribution in [1.82, 2.24) is 9.80 Å². The van der Waals surface area contributed by atoms with Crippen LogP contribution in [0.2, 0.25) is 0 Å². The Morgan fingerprint density at radius 1 is 1.09 bits per heavy atom. The number of carbonyl (C=O) groups excluding carboxylic acids is 2. The topological polar surface area (TPSA) is 49.9 Å². The summed E-state index contributed by atoms with van der Waals surface area (Å²) in [6.07, 6.45) is -4.48. The van der Waals surface area contributed by atoms with Crippen molar-refractivity contribution in [2.45, 2.75) is 32.0 Å². The van der Waals surface area contributed by atoms with Crippen LogP contribution in [-0.2, 0) is 11.0 Å². The Morgan fingerprint density at radius 3 is 2.31 bits per heavy atom. The van der Waals surface area contributed by atoms with E-state index in [0.717, 1.165) is 12.1 Å². The van der Waals surface area contributed by atoms with E-state index >= 15 is 0 Å². The molecule has 172 valence electrons. The molecular weight excluding hydrogens is 421 g/mol. The van der Waals surface area contributed by atoms with Gasteiger partial charge in [0.25, 0.3) is 5.91 Å². The van der Waals surface area contributed by atoms with Gasteiger partial charge in [-0.2, -0.15) is 13.2 Å². The monoisotopic (exact) mass is 448 g/mol. The van der Waals surface area contributed by atoms with E-state index in [1.54, 1.807) is 47.2 Å². The van der Waals surface area contributed by atoms with Crippen molar-refractivity contribution in [3.63, 3.8) is 0 Å². The van der Waals surface area contributed by atoms with Crippen molar-refractivity contribution >= 4 is 11.8 Å². The number of hydrogen-bond donors (Lipinski definition) is 0. The Bertz CT molecular complexity index is 973. The summed E-state index contributed by atoms with van der Waals surface area (Å²) in [7, 11) is 3.20. The van der Waals surface area contributed by atoms with Crippen molar-refractivity contribution in [3.8, 4) is 5.75 Å². The van der Waals surface area contributed by atoms with Crippen molar-refractivity contribution in [2.24, 2.45) is 5.92 Å². The maximum Gasteiger partial charge on any atom is 0.416 e. The Labute approximate surface area is 185 Å². The molecule has 1 fully saturated rings. The van der Waals surface area contributed by atoms with E-state index in [9.17, 15) is 22.8 Å². The molecular formula is C24H27F3N2O3. The summed E-state index contributed by atoms with van der Waals surface area (Å²) < 4.78 is 45.0. The molecule has 0 aromatic heterocycles. The van der Waals surface area contributed by atoms with E-state index in [4.69, 9.17) is 4.74 Å². The first-order valence-electron chi connectivity index (χ1n) is 10.4. The Hall–Kier alpha value is -3.03. The number of hydrogen-bond acceptors (Lipinski definition) is 3. The van der Waals surface area contributed by atoms with E-state index in [1.165, 1.54) is 13.2 Å². The van der Waals surface area contributed by atoms with E-state index in [0.29, 0.717) is 16.9 Å². The van der Waals surface area contributed by atoms with Crippen LogP contribution in [0, 0.1) is 5.92 Å². The predicted octanol–water partition coefficient (Wildman–Crippen LogP) is 4.44. The number of amides is 2. The van der Waals surface area contributed by atoms with Crippen LogP contribution in [0.4, 0.5) is 13.2 Å². The lowest BCUT2D eigenvalue weighted by atomic mass is 9.87. The average molecular weight is 448 g/mol. The lowest BCUT2D eigenvalue weighted by Gasteiger charge is -2.27. The lowest BCUT2D eigenvalue weighted by molar-refractivity contribution is -0.137. The van der Waals surface area contributed by atoms with Gasteiger partial charge in [-0.05, 0) is 49.7 Å². The second kappa shape index (κ2) is 9.22. The minimum Gasteiger partial charge on any atom is -0.497 e. The Balaban J connectivity index is 1.94. The molecule has 0 bridgehead atoms. The molecule has 0 saturated carbocycles. The van der Waals surface area contributed by atoms with Gasteiger partial charge in [-0.3, -0.25) is 9.59 Å². The zero-order valence-corrected chi connectivity index (χ0v) is 18.5. The minimum atomic E-state index is -4.48. The molecule has 0 aliphatic carbocycles. The number of likely N-dealkylation sites (tertiary alicyclic amines) is 1. The first-order valence-corrected chi connectivity index (χ1v) is 10.4. The molecule has 2 amide bonds. The SMILES string of the molecule is COc1ccc(C(=O)N2CC(C(=O)N(C)C(C)C)C(c3cccc(C(F)(F)F)c3)C2)cc1. The van der Waals surface area contributed by atoms with Crippen molar-refractivity contribution in [3.05, 3.63) is 65.2 Å². The Kier molecular flexibility index (Phi) is 6.81. The van der Waals surface area contributed by atoms with Gasteiger partial charge < -0.3 is 14.5 Å². The number of rotatable bonds is 5. The number of ether oxygens (including phenoxy) is 1. The molecule has 5 nitrogen and oxygen atoms in total. The largest absolute Gasteiger partial charge is 0.497 e. The molecule has 32 heavy (non-hydrogen) atoms. The highest BCUT2D eigenvalue weighted by atomic mass is 19.4. The van der Waals surface area contributed by atoms with Gasteiger partial charge in [0, 0.05) is 37.7 Å². The summed E-state index contributed by atoms with van der Waals surface area (Å²) in [5, 5.41) is 0. The molecule has 2 aromatic carbocycles. The third-order valence-corrected chi connectivity index (χ3v) is 6.03. The van der Waals surface area contributed by atoms with Crippen LogP contribution >= 0.6 is 0 Å². The molecule has 2 aromatic rings. The fourth-order valence-electron chi connectivity index (χ4n) is 3.94.